The van der Waals surface area contributed by atoms with Crippen molar-refractivity contribution in [1.82, 2.24) is 0 Å². The molecule has 3 N–H and O–H groups in total. The van der Waals surface area contributed by atoms with Crippen LogP contribution in [0.5, 0.6) is 0 Å². The zero-order chi connectivity index (χ0) is 14.5. The van der Waals surface area contributed by atoms with Gasteiger partial charge in [-0.25, -0.2) is 0 Å². The van der Waals surface area contributed by atoms with E-state index in [9.17, 15) is 22.8 Å². The minimum atomic E-state index is -4.90. The lowest BCUT2D eigenvalue weighted by atomic mass is 10.1. The molecule has 0 aromatic heterocycles. The van der Waals surface area contributed by atoms with Gasteiger partial charge >= 0.3 is 12.1 Å². The lowest BCUT2D eigenvalue weighted by Crippen LogP contribution is -2.29. The summed E-state index contributed by atoms with van der Waals surface area (Å²) in [5.74, 6) is -2.40. The summed E-state index contributed by atoms with van der Waals surface area (Å²) in [6, 6.07) is 5.94. The third kappa shape index (κ3) is 5.41. The number of hydrogen-bond acceptors (Lipinski definition) is 2. The fraction of sp³-hybridized carbons (Fsp3) is 0.333. The van der Waals surface area contributed by atoms with Crippen LogP contribution < -0.4 is 11.1 Å². The number of alkyl halides is 3. The molecule has 0 fully saturated rings. The number of amides is 2. The van der Waals surface area contributed by atoms with Crippen molar-refractivity contribution in [3.63, 3.8) is 0 Å². The highest BCUT2D eigenvalue weighted by atomic mass is 19.4. The molecule has 1 rings (SSSR count). The van der Waals surface area contributed by atoms with Crippen molar-refractivity contribution in [3.05, 3.63) is 29.8 Å². The number of nitrogens with one attached hydrogen (secondary N) is 1. The number of benzene rings is 1. The van der Waals surface area contributed by atoms with E-state index in [0.717, 1.165) is 5.56 Å². The summed E-state index contributed by atoms with van der Waals surface area (Å²) in [4.78, 5) is 21.2. The Balaban J connectivity index is 2.52. The number of hydrogen-bond donors (Lipinski definition) is 2. The number of carbonyl (C=O) groups excluding carboxylic acids is 2. The summed E-state index contributed by atoms with van der Waals surface area (Å²) >= 11 is 0. The summed E-state index contributed by atoms with van der Waals surface area (Å²) < 4.78 is 36.0. The van der Waals surface area contributed by atoms with E-state index < -0.39 is 18.0 Å². The van der Waals surface area contributed by atoms with Gasteiger partial charge in [-0.15, -0.1) is 0 Å². The summed E-state index contributed by atoms with van der Waals surface area (Å²) in [5, 5.41) is 1.75. The highest BCUT2D eigenvalue weighted by Crippen LogP contribution is 2.18. The Morgan fingerprint density at radius 2 is 1.74 bits per heavy atom. The molecule has 0 atom stereocenters. The van der Waals surface area contributed by atoms with Gasteiger partial charge in [-0.3, -0.25) is 9.59 Å². The first-order chi connectivity index (χ1) is 8.79. The predicted octanol–water partition coefficient (Wildman–Crippen LogP) is 2.00. The van der Waals surface area contributed by atoms with E-state index in [1.165, 1.54) is 12.1 Å². The minimum Gasteiger partial charge on any atom is -0.370 e. The van der Waals surface area contributed by atoms with E-state index in [2.05, 4.69) is 0 Å². The maximum atomic E-state index is 12.0. The molecule has 0 bridgehead atoms. The molecule has 0 saturated carbocycles. The molecule has 0 aliphatic carbocycles. The van der Waals surface area contributed by atoms with Gasteiger partial charge in [0.2, 0.25) is 5.91 Å². The van der Waals surface area contributed by atoms with E-state index in [1.807, 2.05) is 0 Å². The second-order valence-electron chi connectivity index (χ2n) is 3.97. The zero-order valence-electron chi connectivity index (χ0n) is 9.96. The second-order valence-corrected chi connectivity index (χ2v) is 3.97. The predicted molar refractivity (Wildman–Crippen MR) is 63.3 cm³/mol. The molecule has 4 nitrogen and oxygen atoms in total. The number of primary amides is 1. The van der Waals surface area contributed by atoms with Crippen LogP contribution >= 0.6 is 0 Å². The van der Waals surface area contributed by atoms with Crippen molar-refractivity contribution in [2.45, 2.75) is 25.4 Å². The molecule has 0 aliphatic rings. The van der Waals surface area contributed by atoms with Crippen LogP contribution in [0.4, 0.5) is 18.9 Å². The Kier molecular flexibility index (Phi) is 4.91. The Morgan fingerprint density at radius 3 is 2.21 bits per heavy atom. The number of halogens is 3. The first-order valence-electron chi connectivity index (χ1n) is 5.54. The lowest BCUT2D eigenvalue weighted by molar-refractivity contribution is -0.167. The highest BCUT2D eigenvalue weighted by molar-refractivity contribution is 5.94. The SMILES string of the molecule is NC(=O)CCCc1ccc(NC(=O)C(F)(F)F)cc1. The Labute approximate surface area is 107 Å². The van der Waals surface area contributed by atoms with Gasteiger partial charge in [-0.1, -0.05) is 12.1 Å². The van der Waals surface area contributed by atoms with Crippen LogP contribution in [0.3, 0.4) is 0 Å². The summed E-state index contributed by atoms with van der Waals surface area (Å²) in [6.45, 7) is 0. The largest absolute Gasteiger partial charge is 0.471 e. The van der Waals surface area contributed by atoms with E-state index in [1.54, 1.807) is 17.4 Å². The molecule has 2 amide bonds. The van der Waals surface area contributed by atoms with Gasteiger partial charge in [0.05, 0.1) is 0 Å². The molecule has 0 spiro atoms. The number of carbonyl (C=O) groups is 2. The van der Waals surface area contributed by atoms with E-state index in [-0.39, 0.29) is 12.1 Å². The summed E-state index contributed by atoms with van der Waals surface area (Å²) in [7, 11) is 0. The number of anilines is 1. The van der Waals surface area contributed by atoms with Crippen LogP contribution in [0.15, 0.2) is 24.3 Å². The fourth-order valence-electron chi connectivity index (χ4n) is 1.42. The Bertz CT molecular complexity index is 455. The first-order valence-corrected chi connectivity index (χ1v) is 5.54. The summed E-state index contributed by atoms with van der Waals surface area (Å²) in [6.07, 6.45) is -3.48. The van der Waals surface area contributed by atoms with Crippen LogP contribution in [-0.4, -0.2) is 18.0 Å². The van der Waals surface area contributed by atoms with Crippen LogP contribution in [0.1, 0.15) is 18.4 Å². The van der Waals surface area contributed by atoms with Gasteiger partial charge in [0.15, 0.2) is 0 Å². The molecule has 104 valence electrons. The van der Waals surface area contributed by atoms with Crippen LogP contribution in [0.25, 0.3) is 0 Å². The van der Waals surface area contributed by atoms with E-state index >= 15 is 0 Å². The Morgan fingerprint density at radius 1 is 1.16 bits per heavy atom. The fourth-order valence-corrected chi connectivity index (χ4v) is 1.42. The second kappa shape index (κ2) is 6.21. The maximum absolute atomic E-state index is 12.0. The lowest BCUT2D eigenvalue weighted by Gasteiger charge is -2.08. The van der Waals surface area contributed by atoms with E-state index in [4.69, 9.17) is 5.73 Å². The summed E-state index contributed by atoms with van der Waals surface area (Å²) in [5.41, 5.74) is 5.91. The first kappa shape index (κ1) is 15.0. The molecule has 1 aromatic carbocycles. The number of aryl methyl sites for hydroxylation is 1. The average Bonchev–Trinajstić information content (AvgIpc) is 2.29. The number of rotatable bonds is 5. The normalized spacial score (nSPS) is 11.1. The molecule has 19 heavy (non-hydrogen) atoms. The van der Waals surface area contributed by atoms with Crippen molar-refractivity contribution in [3.8, 4) is 0 Å². The molecule has 0 heterocycles. The van der Waals surface area contributed by atoms with E-state index in [0.29, 0.717) is 12.8 Å². The smallest absolute Gasteiger partial charge is 0.370 e. The molecular weight excluding hydrogens is 261 g/mol. The van der Waals surface area contributed by atoms with Crippen LogP contribution in [0.2, 0.25) is 0 Å². The molecule has 0 unspecified atom stereocenters. The third-order valence-electron chi connectivity index (χ3n) is 2.36. The third-order valence-corrected chi connectivity index (χ3v) is 2.36. The molecular formula is C12H13F3N2O2. The van der Waals surface area contributed by atoms with Gasteiger partial charge in [0.1, 0.15) is 0 Å². The van der Waals surface area contributed by atoms with Gasteiger partial charge in [0, 0.05) is 12.1 Å². The van der Waals surface area contributed by atoms with Gasteiger partial charge in [-0.05, 0) is 30.5 Å². The molecule has 0 saturated heterocycles. The molecule has 7 heteroatoms. The maximum Gasteiger partial charge on any atom is 0.471 e. The van der Waals surface area contributed by atoms with Gasteiger partial charge < -0.3 is 11.1 Å². The van der Waals surface area contributed by atoms with Gasteiger partial charge in [-0.2, -0.15) is 13.2 Å². The quantitative estimate of drug-likeness (QED) is 0.862. The van der Waals surface area contributed by atoms with Crippen molar-refractivity contribution >= 4 is 17.5 Å². The minimum absolute atomic E-state index is 0.0703. The van der Waals surface area contributed by atoms with Gasteiger partial charge in [0.25, 0.3) is 0 Å². The topological polar surface area (TPSA) is 72.2 Å². The average molecular weight is 274 g/mol. The van der Waals surface area contributed by atoms with Crippen molar-refractivity contribution in [1.29, 1.82) is 0 Å². The Hall–Kier alpha value is -2.05. The van der Waals surface area contributed by atoms with Crippen LogP contribution in [0, 0.1) is 0 Å². The molecule has 1 aromatic rings. The highest BCUT2D eigenvalue weighted by Gasteiger charge is 2.38. The monoisotopic (exact) mass is 274 g/mol. The van der Waals surface area contributed by atoms with Crippen molar-refractivity contribution in [2.75, 3.05) is 5.32 Å². The van der Waals surface area contributed by atoms with Crippen molar-refractivity contribution < 1.29 is 22.8 Å². The molecule has 0 aliphatic heterocycles. The molecule has 0 radical (unpaired) electrons. The standard InChI is InChI=1S/C12H13F3N2O2/c13-12(14,15)11(19)17-9-6-4-8(5-7-9)2-1-3-10(16)18/h4-7H,1-3H2,(H2,16,18)(H,17,19). The van der Waals surface area contributed by atoms with Crippen LogP contribution in [-0.2, 0) is 16.0 Å². The van der Waals surface area contributed by atoms with Crippen molar-refractivity contribution in [2.24, 2.45) is 5.73 Å². The number of nitrogens with two attached hydrogens (primary N) is 1. The zero-order valence-corrected chi connectivity index (χ0v) is 9.96.